The van der Waals surface area contributed by atoms with E-state index in [1.165, 1.54) is 0 Å². The Morgan fingerprint density at radius 1 is 0.632 bits per heavy atom. The van der Waals surface area contributed by atoms with E-state index in [4.69, 9.17) is 0 Å². The summed E-state index contributed by atoms with van der Waals surface area (Å²) >= 11 is 0. The molecule has 5 heteroatoms. The SMILES string of the molecule is O=CNc1ccccc1.O=CNc1ccccc1.[NaH]. The molecule has 2 aromatic rings. The Balaban J connectivity index is 0.000000324. The summed E-state index contributed by atoms with van der Waals surface area (Å²) < 4.78 is 0. The van der Waals surface area contributed by atoms with E-state index in [0.29, 0.717) is 12.8 Å². The van der Waals surface area contributed by atoms with Crippen LogP contribution in [-0.4, -0.2) is 42.4 Å². The molecule has 0 saturated carbocycles. The molecule has 0 saturated heterocycles. The van der Waals surface area contributed by atoms with Crippen LogP contribution in [0.2, 0.25) is 0 Å². The third-order valence-corrected chi connectivity index (χ3v) is 2.00. The zero-order valence-corrected chi connectivity index (χ0v) is 9.74. The second kappa shape index (κ2) is 11.5. The van der Waals surface area contributed by atoms with Gasteiger partial charge in [-0.1, -0.05) is 36.4 Å². The first-order chi connectivity index (χ1) is 8.86. The van der Waals surface area contributed by atoms with Crippen molar-refractivity contribution >= 4 is 53.8 Å². The summed E-state index contributed by atoms with van der Waals surface area (Å²) in [7, 11) is 0. The second-order valence-electron chi connectivity index (χ2n) is 3.26. The van der Waals surface area contributed by atoms with Gasteiger partial charge in [-0.3, -0.25) is 9.59 Å². The number of carbonyl (C=O) groups is 2. The molecule has 0 bridgehead atoms. The van der Waals surface area contributed by atoms with Crippen molar-refractivity contribution in [3.8, 4) is 0 Å². The van der Waals surface area contributed by atoms with Gasteiger partial charge < -0.3 is 10.6 Å². The number of carbonyl (C=O) groups excluding carboxylic acids is 2. The summed E-state index contributed by atoms with van der Waals surface area (Å²) in [5.41, 5.74) is 1.65. The van der Waals surface area contributed by atoms with Crippen LogP contribution in [-0.2, 0) is 9.59 Å². The van der Waals surface area contributed by atoms with Gasteiger partial charge >= 0.3 is 29.6 Å². The van der Waals surface area contributed by atoms with E-state index in [2.05, 4.69) is 10.6 Å². The molecule has 0 atom stereocenters. The van der Waals surface area contributed by atoms with Crippen molar-refractivity contribution in [1.82, 2.24) is 0 Å². The average Bonchev–Trinajstić information content (AvgIpc) is 2.43. The summed E-state index contributed by atoms with van der Waals surface area (Å²) in [5, 5.41) is 5.05. The number of hydrogen-bond acceptors (Lipinski definition) is 2. The number of anilines is 2. The van der Waals surface area contributed by atoms with Crippen LogP contribution in [0.15, 0.2) is 60.7 Å². The third-order valence-electron chi connectivity index (χ3n) is 2.00. The number of benzene rings is 2. The zero-order valence-electron chi connectivity index (χ0n) is 9.74. The van der Waals surface area contributed by atoms with Gasteiger partial charge in [-0.2, -0.15) is 0 Å². The second-order valence-corrected chi connectivity index (χ2v) is 3.26. The quantitative estimate of drug-likeness (QED) is 0.655. The first kappa shape index (κ1) is 17.4. The third kappa shape index (κ3) is 8.15. The van der Waals surface area contributed by atoms with E-state index < -0.39 is 0 Å². The molecule has 0 heterocycles. The summed E-state index contributed by atoms with van der Waals surface area (Å²) in [6.45, 7) is 0. The van der Waals surface area contributed by atoms with Gasteiger partial charge in [-0.05, 0) is 24.3 Å². The molecule has 0 fully saturated rings. The minimum absolute atomic E-state index is 0. The van der Waals surface area contributed by atoms with Crippen LogP contribution < -0.4 is 10.6 Å². The van der Waals surface area contributed by atoms with Crippen molar-refractivity contribution in [2.24, 2.45) is 0 Å². The van der Waals surface area contributed by atoms with Crippen LogP contribution in [0.3, 0.4) is 0 Å². The van der Waals surface area contributed by atoms with Gasteiger partial charge in [0.05, 0.1) is 0 Å². The van der Waals surface area contributed by atoms with Crippen LogP contribution in [0.1, 0.15) is 0 Å². The van der Waals surface area contributed by atoms with Crippen molar-refractivity contribution in [3.05, 3.63) is 60.7 Å². The fraction of sp³-hybridized carbons (Fsp3) is 0. The maximum atomic E-state index is 9.86. The predicted octanol–water partition coefficient (Wildman–Crippen LogP) is 1.86. The van der Waals surface area contributed by atoms with Gasteiger partial charge in [0, 0.05) is 11.4 Å². The maximum absolute atomic E-state index is 9.86. The average molecular weight is 266 g/mol. The van der Waals surface area contributed by atoms with Gasteiger partial charge in [0.1, 0.15) is 0 Å². The van der Waals surface area contributed by atoms with E-state index in [-0.39, 0.29) is 29.6 Å². The molecule has 2 aromatic carbocycles. The molecule has 4 nitrogen and oxygen atoms in total. The number of amides is 2. The Morgan fingerprint density at radius 3 is 1.21 bits per heavy atom. The normalized spacial score (nSPS) is 8.00. The van der Waals surface area contributed by atoms with Crippen molar-refractivity contribution in [2.75, 3.05) is 10.6 Å². The van der Waals surface area contributed by atoms with Crippen LogP contribution in [0.4, 0.5) is 11.4 Å². The van der Waals surface area contributed by atoms with E-state index in [1.807, 2.05) is 60.7 Å². The Bertz CT molecular complexity index is 418. The molecule has 2 rings (SSSR count). The Morgan fingerprint density at radius 2 is 0.947 bits per heavy atom. The van der Waals surface area contributed by atoms with E-state index >= 15 is 0 Å². The summed E-state index contributed by atoms with van der Waals surface area (Å²) in [4.78, 5) is 19.7. The van der Waals surface area contributed by atoms with Crippen LogP contribution in [0.5, 0.6) is 0 Å². The monoisotopic (exact) mass is 266 g/mol. The van der Waals surface area contributed by atoms with E-state index in [0.717, 1.165) is 11.4 Å². The van der Waals surface area contributed by atoms with Crippen molar-refractivity contribution in [2.45, 2.75) is 0 Å². The molecule has 0 aliphatic heterocycles. The van der Waals surface area contributed by atoms with E-state index in [1.54, 1.807) is 0 Å². The summed E-state index contributed by atoms with van der Waals surface area (Å²) in [6, 6.07) is 18.6. The van der Waals surface area contributed by atoms with Crippen molar-refractivity contribution in [1.29, 1.82) is 0 Å². The molecule has 0 unspecified atom stereocenters. The van der Waals surface area contributed by atoms with Gasteiger partial charge in [0.25, 0.3) is 0 Å². The van der Waals surface area contributed by atoms with Gasteiger partial charge in [0.2, 0.25) is 12.8 Å². The topological polar surface area (TPSA) is 58.2 Å². The standard InChI is InChI=1S/2C7H7NO.Na.H/c2*9-6-8-7-4-2-1-3-5-7;;/h2*1-6H,(H,8,9);;. The van der Waals surface area contributed by atoms with Crippen molar-refractivity contribution < 1.29 is 9.59 Å². The van der Waals surface area contributed by atoms with Gasteiger partial charge in [-0.15, -0.1) is 0 Å². The molecule has 0 aromatic heterocycles. The number of nitrogens with one attached hydrogen (secondary N) is 2. The molecule has 19 heavy (non-hydrogen) atoms. The molecule has 2 amide bonds. The molecule has 2 N–H and O–H groups in total. The molecule has 0 aliphatic carbocycles. The van der Waals surface area contributed by atoms with Crippen molar-refractivity contribution in [3.63, 3.8) is 0 Å². The number of para-hydroxylation sites is 2. The first-order valence-electron chi connectivity index (χ1n) is 5.37. The minimum atomic E-state index is 0. The molecule has 0 aliphatic rings. The Kier molecular flexibility index (Phi) is 10.5. The van der Waals surface area contributed by atoms with Crippen LogP contribution in [0, 0.1) is 0 Å². The Hall–Kier alpha value is -1.62. The molecule has 0 spiro atoms. The first-order valence-corrected chi connectivity index (χ1v) is 5.37. The van der Waals surface area contributed by atoms with Gasteiger partial charge in [-0.25, -0.2) is 0 Å². The summed E-state index contributed by atoms with van der Waals surface area (Å²) in [6.07, 6.45) is 1.32. The summed E-state index contributed by atoms with van der Waals surface area (Å²) in [5.74, 6) is 0. The molecule has 0 radical (unpaired) electrons. The van der Waals surface area contributed by atoms with E-state index in [9.17, 15) is 9.59 Å². The van der Waals surface area contributed by atoms with Crippen LogP contribution in [0.25, 0.3) is 0 Å². The molecular weight excluding hydrogens is 251 g/mol. The molecule has 94 valence electrons. The van der Waals surface area contributed by atoms with Crippen LogP contribution >= 0.6 is 0 Å². The number of rotatable bonds is 4. The molecular formula is C14H15N2NaO2. The fourth-order valence-corrected chi connectivity index (χ4v) is 1.20. The number of hydrogen-bond donors (Lipinski definition) is 2. The Labute approximate surface area is 134 Å². The van der Waals surface area contributed by atoms with Gasteiger partial charge in [0.15, 0.2) is 0 Å². The predicted molar refractivity (Wildman–Crippen MR) is 79.4 cm³/mol. The zero-order chi connectivity index (χ0) is 13.1. The fourth-order valence-electron chi connectivity index (χ4n) is 1.20.